The van der Waals surface area contributed by atoms with Crippen LogP contribution in [-0.4, -0.2) is 47.8 Å². The van der Waals surface area contributed by atoms with E-state index >= 15 is 0 Å². The first-order valence-corrected chi connectivity index (χ1v) is 10.3. The van der Waals surface area contributed by atoms with Gasteiger partial charge in [-0.05, 0) is 45.4 Å². The summed E-state index contributed by atoms with van der Waals surface area (Å²) < 4.78 is 0.721. The summed E-state index contributed by atoms with van der Waals surface area (Å²) >= 11 is 0. The van der Waals surface area contributed by atoms with Crippen molar-refractivity contribution >= 4 is 5.97 Å². The Morgan fingerprint density at radius 1 is 1.08 bits per heavy atom. The van der Waals surface area contributed by atoms with E-state index in [9.17, 15) is 15.0 Å². The average Bonchev–Trinajstić information content (AvgIpc) is 2.59. The topological polar surface area (TPSA) is 60.4 Å². The molecule has 2 unspecified atom stereocenters. The molecule has 0 saturated heterocycles. The smallest absolute Gasteiger partial charge is 0.105 e. The second kappa shape index (κ2) is 14.3. The number of carboxylic acid groups (broad SMARTS) is 1. The lowest BCUT2D eigenvalue weighted by molar-refractivity contribution is -0.933. The first-order chi connectivity index (χ1) is 11.9. The van der Waals surface area contributed by atoms with Crippen molar-refractivity contribution in [3.05, 3.63) is 12.2 Å². The Morgan fingerprint density at radius 2 is 1.68 bits per heavy atom. The number of aliphatic hydroxyl groups is 1. The number of carbonyl (C=O) groups excluding carboxylic acids is 1. The highest BCUT2D eigenvalue weighted by Gasteiger charge is 2.32. The van der Waals surface area contributed by atoms with E-state index in [2.05, 4.69) is 19.9 Å². The Morgan fingerprint density at radius 3 is 2.12 bits per heavy atom. The zero-order valence-electron chi connectivity index (χ0n) is 17.0. The second-order valence-corrected chi connectivity index (χ2v) is 7.44. The molecule has 4 heteroatoms. The molecule has 4 nitrogen and oxygen atoms in total. The molecule has 0 saturated carbocycles. The van der Waals surface area contributed by atoms with Crippen molar-refractivity contribution in [2.75, 3.05) is 26.2 Å². The van der Waals surface area contributed by atoms with Crippen molar-refractivity contribution < 1.29 is 19.5 Å². The molecule has 0 rings (SSSR count). The van der Waals surface area contributed by atoms with Crippen LogP contribution in [0.15, 0.2) is 12.2 Å². The Balaban J connectivity index is 5.10. The van der Waals surface area contributed by atoms with Crippen LogP contribution in [0.4, 0.5) is 0 Å². The van der Waals surface area contributed by atoms with E-state index in [1.807, 2.05) is 19.9 Å². The highest BCUT2D eigenvalue weighted by Crippen LogP contribution is 2.20. The molecule has 0 aromatic carbocycles. The zero-order valence-corrected chi connectivity index (χ0v) is 17.0. The van der Waals surface area contributed by atoms with E-state index in [4.69, 9.17) is 0 Å². The monoisotopic (exact) mass is 355 g/mol. The number of carboxylic acids is 1. The van der Waals surface area contributed by atoms with Crippen molar-refractivity contribution in [1.29, 1.82) is 0 Å². The van der Waals surface area contributed by atoms with Gasteiger partial charge in [-0.2, -0.15) is 0 Å². The fourth-order valence-electron chi connectivity index (χ4n) is 3.55. The fraction of sp³-hybridized carbons (Fsp3) is 0.857. The van der Waals surface area contributed by atoms with Crippen LogP contribution >= 0.6 is 0 Å². The van der Waals surface area contributed by atoms with Gasteiger partial charge in [0.15, 0.2) is 0 Å². The molecular formula is C21H41NO3. The van der Waals surface area contributed by atoms with E-state index in [0.717, 1.165) is 62.5 Å². The maximum atomic E-state index is 11.5. The van der Waals surface area contributed by atoms with E-state index in [0.29, 0.717) is 19.5 Å². The van der Waals surface area contributed by atoms with E-state index in [1.165, 1.54) is 0 Å². The van der Waals surface area contributed by atoms with Gasteiger partial charge < -0.3 is 19.5 Å². The second-order valence-electron chi connectivity index (χ2n) is 7.44. The molecule has 25 heavy (non-hydrogen) atoms. The van der Waals surface area contributed by atoms with Crippen molar-refractivity contribution in [2.45, 2.75) is 85.2 Å². The standard InChI is InChI=1S/C21H41NO3/c1-5-9-12-13-14-20(23)18-22(15-10-6-2,16-11-7-3)17-19(8-4)21(24)25/h5,9,19-20,23H,6-8,10-18H2,1-4H3/b9-5+. The Labute approximate surface area is 155 Å². The van der Waals surface area contributed by atoms with Gasteiger partial charge in [0, 0.05) is 5.92 Å². The molecule has 148 valence electrons. The van der Waals surface area contributed by atoms with E-state index in [1.54, 1.807) is 0 Å². The summed E-state index contributed by atoms with van der Waals surface area (Å²) in [5.41, 5.74) is 0. The van der Waals surface area contributed by atoms with Crippen LogP contribution in [0, 0.1) is 5.92 Å². The first kappa shape index (κ1) is 24.1. The third kappa shape index (κ3) is 10.7. The van der Waals surface area contributed by atoms with Crippen molar-refractivity contribution in [3.8, 4) is 0 Å². The van der Waals surface area contributed by atoms with Gasteiger partial charge in [0.05, 0.1) is 25.6 Å². The molecule has 0 radical (unpaired) electrons. The predicted octanol–water partition coefficient (Wildman–Crippen LogP) is 3.29. The molecule has 0 aromatic rings. The van der Waals surface area contributed by atoms with E-state index in [-0.39, 0.29) is 6.10 Å². The Bertz CT molecular complexity index is 360. The quantitative estimate of drug-likeness (QED) is 0.262. The number of quaternary nitrogens is 1. The number of nitrogens with zero attached hydrogens (tertiary/aromatic N) is 1. The number of hydrogen-bond acceptors (Lipinski definition) is 3. The zero-order chi connectivity index (χ0) is 19.1. The van der Waals surface area contributed by atoms with Gasteiger partial charge in [-0.1, -0.05) is 45.8 Å². The lowest BCUT2D eigenvalue weighted by atomic mass is 10.0. The molecule has 0 aromatic heterocycles. The molecule has 0 heterocycles. The van der Waals surface area contributed by atoms with Gasteiger partial charge in [-0.25, -0.2) is 0 Å². The number of hydrogen-bond donors (Lipinski definition) is 1. The van der Waals surface area contributed by atoms with Gasteiger partial charge >= 0.3 is 0 Å². The SMILES string of the molecule is C/C=C/CCCC(O)C[N+](CCCC)(CCCC)CC(CC)C(=O)[O-]. The van der Waals surface area contributed by atoms with Crippen LogP contribution in [0.1, 0.15) is 79.1 Å². The largest absolute Gasteiger partial charge is 0.550 e. The van der Waals surface area contributed by atoms with Crippen LogP contribution in [0.2, 0.25) is 0 Å². The van der Waals surface area contributed by atoms with Gasteiger partial charge in [-0.3, -0.25) is 0 Å². The predicted molar refractivity (Wildman–Crippen MR) is 103 cm³/mol. The van der Waals surface area contributed by atoms with Crippen LogP contribution in [-0.2, 0) is 4.79 Å². The molecule has 0 aliphatic heterocycles. The molecular weight excluding hydrogens is 314 g/mol. The molecule has 1 N–H and O–H groups in total. The maximum Gasteiger partial charge on any atom is 0.105 e. The minimum atomic E-state index is -0.944. The summed E-state index contributed by atoms with van der Waals surface area (Å²) in [4.78, 5) is 11.5. The lowest BCUT2D eigenvalue weighted by Gasteiger charge is -2.43. The highest BCUT2D eigenvalue weighted by molar-refractivity contribution is 5.67. The van der Waals surface area contributed by atoms with Crippen molar-refractivity contribution in [3.63, 3.8) is 0 Å². The van der Waals surface area contributed by atoms with Gasteiger partial charge in [-0.15, -0.1) is 0 Å². The van der Waals surface area contributed by atoms with Crippen molar-refractivity contribution in [2.24, 2.45) is 5.92 Å². The Hall–Kier alpha value is -0.870. The summed E-state index contributed by atoms with van der Waals surface area (Å²) in [7, 11) is 0. The molecule has 0 aliphatic rings. The van der Waals surface area contributed by atoms with Gasteiger partial charge in [0.2, 0.25) is 0 Å². The van der Waals surface area contributed by atoms with Crippen LogP contribution in [0.25, 0.3) is 0 Å². The Kier molecular flexibility index (Phi) is 13.8. The van der Waals surface area contributed by atoms with Crippen LogP contribution in [0.5, 0.6) is 0 Å². The minimum absolute atomic E-state index is 0.363. The molecule has 2 atom stereocenters. The van der Waals surface area contributed by atoms with E-state index < -0.39 is 11.9 Å². The lowest BCUT2D eigenvalue weighted by Crippen LogP contribution is -2.57. The number of carbonyl (C=O) groups is 1. The van der Waals surface area contributed by atoms with Crippen LogP contribution < -0.4 is 5.11 Å². The van der Waals surface area contributed by atoms with Crippen molar-refractivity contribution in [1.82, 2.24) is 0 Å². The summed E-state index contributed by atoms with van der Waals surface area (Å²) in [6, 6.07) is 0. The highest BCUT2D eigenvalue weighted by atomic mass is 16.4. The maximum absolute atomic E-state index is 11.5. The minimum Gasteiger partial charge on any atom is -0.550 e. The normalized spacial score (nSPS) is 14.8. The molecule has 0 fully saturated rings. The number of allylic oxidation sites excluding steroid dienone is 2. The molecule has 0 amide bonds. The van der Waals surface area contributed by atoms with Gasteiger partial charge in [0.25, 0.3) is 0 Å². The number of aliphatic hydroxyl groups excluding tert-OH is 1. The molecule has 0 bridgehead atoms. The van der Waals surface area contributed by atoms with Gasteiger partial charge in [0.1, 0.15) is 12.6 Å². The summed E-state index contributed by atoms with van der Waals surface area (Å²) in [5.74, 6) is -1.37. The third-order valence-corrected chi connectivity index (χ3v) is 5.15. The fourth-order valence-corrected chi connectivity index (χ4v) is 3.55. The number of unbranched alkanes of at least 4 members (excludes halogenated alkanes) is 3. The third-order valence-electron chi connectivity index (χ3n) is 5.15. The summed E-state index contributed by atoms with van der Waals surface area (Å²) in [6.07, 6.45) is 11.5. The number of rotatable bonds is 16. The number of aliphatic carboxylic acids is 1. The van der Waals surface area contributed by atoms with Crippen LogP contribution in [0.3, 0.4) is 0 Å². The summed E-state index contributed by atoms with van der Waals surface area (Å²) in [6.45, 7) is 11.4. The first-order valence-electron chi connectivity index (χ1n) is 10.3. The average molecular weight is 356 g/mol. The molecule has 0 aliphatic carbocycles. The summed E-state index contributed by atoms with van der Waals surface area (Å²) in [5, 5.41) is 22.1. The molecule has 0 spiro atoms.